The molecule has 1 aromatic carbocycles. The Kier molecular flexibility index (Phi) is 3.18. The van der Waals surface area contributed by atoms with E-state index in [4.69, 9.17) is 0 Å². The highest BCUT2D eigenvalue weighted by Crippen LogP contribution is 2.27. The standard InChI is InChI=1S/C8H10BrNO3S/c1-10(2)14(12,13)6-3-4-8(11)7(9)5-6/h3-5,11H,1-2H3. The van der Waals surface area contributed by atoms with Crippen molar-refractivity contribution < 1.29 is 13.5 Å². The molecular formula is C8H10BrNO3S. The van der Waals surface area contributed by atoms with Gasteiger partial charge in [-0.05, 0) is 34.1 Å². The Balaban J connectivity index is 3.29. The number of benzene rings is 1. The van der Waals surface area contributed by atoms with Gasteiger partial charge in [-0.25, -0.2) is 12.7 Å². The summed E-state index contributed by atoms with van der Waals surface area (Å²) in [5.74, 6) is 0.0164. The molecule has 1 N–H and O–H groups in total. The molecule has 0 unspecified atom stereocenters. The largest absolute Gasteiger partial charge is 0.507 e. The zero-order chi connectivity index (χ0) is 10.9. The first-order valence-electron chi connectivity index (χ1n) is 3.77. The fourth-order valence-corrected chi connectivity index (χ4v) is 2.32. The molecule has 0 atom stereocenters. The summed E-state index contributed by atoms with van der Waals surface area (Å²) < 4.78 is 24.7. The van der Waals surface area contributed by atoms with Crippen molar-refractivity contribution in [1.29, 1.82) is 0 Å². The number of aromatic hydroxyl groups is 1. The quantitative estimate of drug-likeness (QED) is 0.891. The van der Waals surface area contributed by atoms with Crippen molar-refractivity contribution in [3.8, 4) is 5.75 Å². The number of phenolic OH excluding ortho intramolecular Hbond substituents is 1. The van der Waals surface area contributed by atoms with E-state index in [1.165, 1.54) is 32.3 Å². The van der Waals surface area contributed by atoms with E-state index in [0.717, 1.165) is 4.31 Å². The van der Waals surface area contributed by atoms with Crippen LogP contribution in [-0.2, 0) is 10.0 Å². The average Bonchev–Trinajstić information content (AvgIpc) is 2.09. The Morgan fingerprint density at radius 1 is 1.36 bits per heavy atom. The highest BCUT2D eigenvalue weighted by atomic mass is 79.9. The third kappa shape index (κ3) is 2.08. The van der Waals surface area contributed by atoms with E-state index in [9.17, 15) is 13.5 Å². The summed E-state index contributed by atoms with van der Waals surface area (Å²) in [7, 11) is -0.515. The van der Waals surface area contributed by atoms with Crippen LogP contribution in [0.2, 0.25) is 0 Å². The van der Waals surface area contributed by atoms with Crippen molar-refractivity contribution in [1.82, 2.24) is 4.31 Å². The molecule has 0 fully saturated rings. The summed E-state index contributed by atoms with van der Waals surface area (Å²) in [6.07, 6.45) is 0. The second-order valence-electron chi connectivity index (χ2n) is 2.90. The van der Waals surface area contributed by atoms with Gasteiger partial charge < -0.3 is 5.11 Å². The van der Waals surface area contributed by atoms with Crippen molar-refractivity contribution >= 4 is 26.0 Å². The Hall–Kier alpha value is -0.590. The van der Waals surface area contributed by atoms with E-state index in [2.05, 4.69) is 15.9 Å². The number of sulfonamides is 1. The minimum atomic E-state index is -3.42. The lowest BCUT2D eigenvalue weighted by Gasteiger charge is -2.11. The van der Waals surface area contributed by atoms with Gasteiger partial charge in [-0.15, -0.1) is 0 Å². The molecule has 0 saturated heterocycles. The van der Waals surface area contributed by atoms with E-state index < -0.39 is 10.0 Å². The first-order chi connectivity index (χ1) is 6.35. The van der Waals surface area contributed by atoms with E-state index in [0.29, 0.717) is 4.47 Å². The van der Waals surface area contributed by atoms with Crippen molar-refractivity contribution in [3.63, 3.8) is 0 Å². The smallest absolute Gasteiger partial charge is 0.242 e. The van der Waals surface area contributed by atoms with Crippen LogP contribution < -0.4 is 0 Å². The lowest BCUT2D eigenvalue weighted by molar-refractivity contribution is 0.471. The van der Waals surface area contributed by atoms with Gasteiger partial charge in [0.2, 0.25) is 10.0 Å². The lowest BCUT2D eigenvalue weighted by atomic mass is 10.3. The van der Waals surface area contributed by atoms with Gasteiger partial charge in [0, 0.05) is 14.1 Å². The van der Waals surface area contributed by atoms with Gasteiger partial charge in [-0.3, -0.25) is 0 Å². The summed E-state index contributed by atoms with van der Waals surface area (Å²) in [6, 6.07) is 4.06. The topological polar surface area (TPSA) is 57.6 Å². The number of nitrogens with zero attached hydrogens (tertiary/aromatic N) is 1. The first kappa shape index (κ1) is 11.5. The molecule has 0 radical (unpaired) electrons. The van der Waals surface area contributed by atoms with Crippen LogP contribution in [0.25, 0.3) is 0 Å². The number of phenols is 1. The third-order valence-electron chi connectivity index (χ3n) is 1.70. The van der Waals surface area contributed by atoms with Crippen LogP contribution in [0.5, 0.6) is 5.75 Å². The number of halogens is 1. The predicted molar refractivity (Wildman–Crippen MR) is 56.7 cm³/mol. The molecule has 1 aromatic rings. The van der Waals surface area contributed by atoms with E-state index in [-0.39, 0.29) is 10.6 Å². The number of rotatable bonds is 2. The molecule has 4 nitrogen and oxygen atoms in total. The van der Waals surface area contributed by atoms with Gasteiger partial charge in [-0.2, -0.15) is 0 Å². The van der Waals surface area contributed by atoms with Crippen molar-refractivity contribution in [3.05, 3.63) is 22.7 Å². The molecule has 0 spiro atoms. The maximum Gasteiger partial charge on any atom is 0.242 e. The Morgan fingerprint density at radius 2 is 1.93 bits per heavy atom. The molecule has 0 heterocycles. The lowest BCUT2D eigenvalue weighted by Crippen LogP contribution is -2.22. The van der Waals surface area contributed by atoms with Crippen LogP contribution in [0.4, 0.5) is 0 Å². The fraction of sp³-hybridized carbons (Fsp3) is 0.250. The Bertz CT molecular complexity index is 442. The van der Waals surface area contributed by atoms with Crippen LogP contribution in [0.3, 0.4) is 0 Å². The molecule has 0 amide bonds. The van der Waals surface area contributed by atoms with Gasteiger partial charge >= 0.3 is 0 Å². The molecule has 1 rings (SSSR count). The molecular weight excluding hydrogens is 270 g/mol. The molecule has 0 aliphatic carbocycles. The van der Waals surface area contributed by atoms with Crippen molar-refractivity contribution in [2.45, 2.75) is 4.90 Å². The minimum Gasteiger partial charge on any atom is -0.507 e. The van der Waals surface area contributed by atoms with Crippen LogP contribution in [0.15, 0.2) is 27.6 Å². The van der Waals surface area contributed by atoms with E-state index in [1.54, 1.807) is 0 Å². The summed E-state index contributed by atoms with van der Waals surface area (Å²) in [4.78, 5) is 0.146. The van der Waals surface area contributed by atoms with Crippen molar-refractivity contribution in [2.24, 2.45) is 0 Å². The van der Waals surface area contributed by atoms with E-state index >= 15 is 0 Å². The van der Waals surface area contributed by atoms with Crippen LogP contribution in [0.1, 0.15) is 0 Å². The Morgan fingerprint density at radius 3 is 2.36 bits per heavy atom. The first-order valence-corrected chi connectivity index (χ1v) is 6.00. The fourth-order valence-electron chi connectivity index (χ4n) is 0.859. The van der Waals surface area contributed by atoms with Crippen LogP contribution >= 0.6 is 15.9 Å². The average molecular weight is 280 g/mol. The zero-order valence-corrected chi connectivity index (χ0v) is 10.1. The molecule has 78 valence electrons. The van der Waals surface area contributed by atoms with Gasteiger partial charge in [0.25, 0.3) is 0 Å². The molecule has 0 aromatic heterocycles. The SMILES string of the molecule is CN(C)S(=O)(=O)c1ccc(O)c(Br)c1. The third-order valence-corrected chi connectivity index (χ3v) is 4.14. The Labute approximate surface area is 91.3 Å². The van der Waals surface area contributed by atoms with Crippen molar-refractivity contribution in [2.75, 3.05) is 14.1 Å². The predicted octanol–water partition coefficient (Wildman–Crippen LogP) is 1.41. The summed E-state index contributed by atoms with van der Waals surface area (Å²) >= 11 is 3.05. The molecule has 0 aliphatic heterocycles. The molecule has 0 saturated carbocycles. The maximum atomic E-state index is 11.6. The summed E-state index contributed by atoms with van der Waals surface area (Å²) in [5, 5.41) is 9.19. The van der Waals surface area contributed by atoms with Crippen LogP contribution in [0, 0.1) is 0 Å². The van der Waals surface area contributed by atoms with Gasteiger partial charge in [0.05, 0.1) is 9.37 Å². The highest BCUT2D eigenvalue weighted by Gasteiger charge is 2.17. The summed E-state index contributed by atoms with van der Waals surface area (Å²) in [5.41, 5.74) is 0. The second kappa shape index (κ2) is 3.88. The molecule has 14 heavy (non-hydrogen) atoms. The number of hydrogen-bond donors (Lipinski definition) is 1. The molecule has 0 bridgehead atoms. The highest BCUT2D eigenvalue weighted by molar-refractivity contribution is 9.10. The van der Waals surface area contributed by atoms with Crippen LogP contribution in [-0.4, -0.2) is 31.9 Å². The maximum absolute atomic E-state index is 11.6. The zero-order valence-electron chi connectivity index (χ0n) is 7.73. The molecule has 6 heteroatoms. The van der Waals surface area contributed by atoms with Gasteiger partial charge in [0.1, 0.15) is 5.75 Å². The minimum absolute atomic E-state index is 0.0164. The monoisotopic (exact) mass is 279 g/mol. The van der Waals surface area contributed by atoms with E-state index in [1.807, 2.05) is 0 Å². The second-order valence-corrected chi connectivity index (χ2v) is 5.91. The molecule has 0 aliphatic rings. The normalized spacial score (nSPS) is 12.0. The summed E-state index contributed by atoms with van der Waals surface area (Å²) in [6.45, 7) is 0. The van der Waals surface area contributed by atoms with Gasteiger partial charge in [0.15, 0.2) is 0 Å². The van der Waals surface area contributed by atoms with Gasteiger partial charge in [-0.1, -0.05) is 0 Å². The number of hydrogen-bond acceptors (Lipinski definition) is 3.